The summed E-state index contributed by atoms with van der Waals surface area (Å²) in [5.41, 5.74) is 1.07. The van der Waals surface area contributed by atoms with Crippen molar-refractivity contribution >= 4 is 52.3 Å². The molecule has 1 aliphatic rings. The Bertz CT molecular complexity index is 571. The van der Waals surface area contributed by atoms with E-state index in [0.29, 0.717) is 15.2 Å². The van der Waals surface area contributed by atoms with E-state index < -0.39 is 0 Å². The van der Waals surface area contributed by atoms with E-state index in [1.165, 1.54) is 0 Å². The number of rotatable bonds is 5. The first-order valence-electron chi connectivity index (χ1n) is 6.64. The smallest absolute Gasteiger partial charge is 0.170 e. The second-order valence-electron chi connectivity index (χ2n) is 4.44. The summed E-state index contributed by atoms with van der Waals surface area (Å²) in [6, 6.07) is 5.66. The molecule has 0 radical (unpaired) electrons. The molecule has 2 rings (SSSR count). The normalized spacial score (nSPS) is 13.7. The number of nitrogens with one attached hydrogen (secondary N) is 2. The number of thioether (sulfide) groups is 1. The van der Waals surface area contributed by atoms with E-state index >= 15 is 0 Å². The second kappa shape index (κ2) is 8.69. The summed E-state index contributed by atoms with van der Waals surface area (Å²) in [6.45, 7) is 0.785. The molecule has 0 amide bonds. The quantitative estimate of drug-likeness (QED) is 0.449. The van der Waals surface area contributed by atoms with Crippen LogP contribution in [0.5, 0.6) is 0 Å². The van der Waals surface area contributed by atoms with Crippen LogP contribution in [-0.2, 0) is 0 Å². The minimum Gasteiger partial charge on any atom is -0.362 e. The maximum atomic E-state index is 5.98. The molecule has 0 saturated heterocycles. The van der Waals surface area contributed by atoms with Gasteiger partial charge in [-0.3, -0.25) is 0 Å². The molecule has 0 atom stereocenters. The van der Waals surface area contributed by atoms with Crippen LogP contribution in [0.3, 0.4) is 0 Å². The Morgan fingerprint density at radius 1 is 1.24 bits per heavy atom. The first kappa shape index (κ1) is 16.7. The van der Waals surface area contributed by atoms with E-state index in [9.17, 15) is 0 Å². The van der Waals surface area contributed by atoms with Crippen LogP contribution in [-0.4, -0.2) is 17.4 Å². The van der Waals surface area contributed by atoms with Gasteiger partial charge in [-0.2, -0.15) is 0 Å². The summed E-state index contributed by atoms with van der Waals surface area (Å²) >= 11 is 18.8. The number of hydrogen-bond donors (Lipinski definition) is 2. The molecular formula is C15H16Cl2N2S2. The predicted octanol–water partition coefficient (Wildman–Crippen LogP) is 4.78. The van der Waals surface area contributed by atoms with Crippen LogP contribution in [0, 0.1) is 0 Å². The third kappa shape index (κ3) is 5.91. The molecule has 112 valence electrons. The molecule has 0 unspecified atom stereocenters. The predicted molar refractivity (Wildman–Crippen MR) is 97.4 cm³/mol. The lowest BCUT2D eigenvalue weighted by atomic mass is 10.1. The van der Waals surface area contributed by atoms with Gasteiger partial charge in [-0.25, -0.2) is 0 Å². The van der Waals surface area contributed by atoms with Crippen LogP contribution in [0.15, 0.2) is 47.0 Å². The number of halogens is 2. The minimum absolute atomic E-state index is 0.582. The minimum atomic E-state index is 0.582. The molecule has 6 heteroatoms. The molecule has 2 N–H and O–H groups in total. The summed E-state index contributed by atoms with van der Waals surface area (Å²) in [5, 5.41) is 8.20. The van der Waals surface area contributed by atoms with Crippen LogP contribution < -0.4 is 10.6 Å². The molecule has 0 fully saturated rings. The topological polar surface area (TPSA) is 24.1 Å². The van der Waals surface area contributed by atoms with Gasteiger partial charge in [-0.05, 0) is 49.3 Å². The first-order valence-corrected chi connectivity index (χ1v) is 8.79. The Balaban J connectivity index is 1.67. The average molecular weight is 359 g/mol. The number of hydrogen-bond acceptors (Lipinski definition) is 2. The zero-order chi connectivity index (χ0) is 15.1. The Labute approximate surface area is 145 Å². The fraction of sp³-hybridized carbons (Fsp3) is 0.267. The van der Waals surface area contributed by atoms with Crippen molar-refractivity contribution in [2.75, 3.05) is 12.3 Å². The van der Waals surface area contributed by atoms with Gasteiger partial charge in [0.1, 0.15) is 0 Å². The van der Waals surface area contributed by atoms with Crippen molar-refractivity contribution in [3.63, 3.8) is 0 Å². The summed E-state index contributed by atoms with van der Waals surface area (Å²) in [6.07, 6.45) is 8.52. The van der Waals surface area contributed by atoms with Gasteiger partial charge in [0.25, 0.3) is 0 Å². The molecular weight excluding hydrogens is 343 g/mol. The Kier molecular flexibility index (Phi) is 6.90. The summed E-state index contributed by atoms with van der Waals surface area (Å²) in [4.78, 5) is 1.10. The standard InChI is InChI=1S/C15H16Cl2N2S2/c16-13-7-6-12(10-14(13)17)21-9-8-18-15(20)19-11-4-2-1-3-5-11/h2,4-7,10H,1,3,8-9H2,(H2,18,19,20). The van der Waals surface area contributed by atoms with Gasteiger partial charge in [0.05, 0.1) is 10.0 Å². The van der Waals surface area contributed by atoms with E-state index in [4.69, 9.17) is 35.4 Å². The summed E-state index contributed by atoms with van der Waals surface area (Å²) in [5.74, 6) is 0.897. The number of allylic oxidation sites excluding steroid dienone is 3. The highest BCUT2D eigenvalue weighted by Crippen LogP contribution is 2.27. The Morgan fingerprint density at radius 3 is 2.81 bits per heavy atom. The van der Waals surface area contributed by atoms with Crippen LogP contribution in [0.1, 0.15) is 12.8 Å². The van der Waals surface area contributed by atoms with Gasteiger partial charge < -0.3 is 10.6 Å². The van der Waals surface area contributed by atoms with Gasteiger partial charge >= 0.3 is 0 Å². The molecule has 1 aromatic carbocycles. The lowest BCUT2D eigenvalue weighted by Crippen LogP contribution is -2.35. The molecule has 0 bridgehead atoms. The molecule has 21 heavy (non-hydrogen) atoms. The van der Waals surface area contributed by atoms with Crippen molar-refractivity contribution in [3.8, 4) is 0 Å². The zero-order valence-corrected chi connectivity index (χ0v) is 14.5. The van der Waals surface area contributed by atoms with Crippen LogP contribution >= 0.6 is 47.2 Å². The third-order valence-corrected chi connectivity index (χ3v) is 4.78. The van der Waals surface area contributed by atoms with Gasteiger partial charge in [0, 0.05) is 22.9 Å². The van der Waals surface area contributed by atoms with Crippen LogP contribution in [0.2, 0.25) is 10.0 Å². The van der Waals surface area contributed by atoms with Gasteiger partial charge in [0.15, 0.2) is 5.11 Å². The molecule has 1 aliphatic carbocycles. The fourth-order valence-electron chi connectivity index (χ4n) is 1.78. The van der Waals surface area contributed by atoms with Gasteiger partial charge in [0.2, 0.25) is 0 Å². The average Bonchev–Trinajstić information content (AvgIpc) is 2.48. The van der Waals surface area contributed by atoms with Crippen molar-refractivity contribution in [1.29, 1.82) is 0 Å². The molecule has 0 heterocycles. The highest BCUT2D eigenvalue weighted by molar-refractivity contribution is 7.99. The molecule has 1 aromatic rings. The van der Waals surface area contributed by atoms with Crippen molar-refractivity contribution in [3.05, 3.63) is 52.2 Å². The molecule has 0 spiro atoms. The van der Waals surface area contributed by atoms with E-state index in [2.05, 4.69) is 28.9 Å². The maximum absolute atomic E-state index is 5.98. The summed E-state index contributed by atoms with van der Waals surface area (Å²) in [7, 11) is 0. The van der Waals surface area contributed by atoms with Crippen LogP contribution in [0.4, 0.5) is 0 Å². The van der Waals surface area contributed by atoms with Crippen molar-refractivity contribution in [1.82, 2.24) is 10.6 Å². The number of benzene rings is 1. The fourth-order valence-corrected chi connectivity index (χ4v) is 3.17. The molecule has 0 saturated carbocycles. The SMILES string of the molecule is S=C(NCCSc1ccc(Cl)c(Cl)c1)NC1=CCCC=C1. The zero-order valence-electron chi connectivity index (χ0n) is 11.4. The van der Waals surface area contributed by atoms with Crippen molar-refractivity contribution in [2.45, 2.75) is 17.7 Å². The van der Waals surface area contributed by atoms with E-state index in [1.54, 1.807) is 11.8 Å². The highest BCUT2D eigenvalue weighted by atomic mass is 35.5. The maximum Gasteiger partial charge on any atom is 0.170 e. The van der Waals surface area contributed by atoms with E-state index in [-0.39, 0.29) is 0 Å². The molecule has 0 aromatic heterocycles. The van der Waals surface area contributed by atoms with E-state index in [0.717, 1.165) is 35.7 Å². The molecule has 0 aliphatic heterocycles. The monoisotopic (exact) mass is 358 g/mol. The lowest BCUT2D eigenvalue weighted by molar-refractivity contribution is 0.927. The Morgan fingerprint density at radius 2 is 2.10 bits per heavy atom. The summed E-state index contributed by atoms with van der Waals surface area (Å²) < 4.78 is 0. The van der Waals surface area contributed by atoms with Crippen molar-refractivity contribution in [2.24, 2.45) is 0 Å². The lowest BCUT2D eigenvalue weighted by Gasteiger charge is -2.13. The third-order valence-electron chi connectivity index (χ3n) is 2.80. The van der Waals surface area contributed by atoms with Crippen LogP contribution in [0.25, 0.3) is 0 Å². The largest absolute Gasteiger partial charge is 0.362 e. The van der Waals surface area contributed by atoms with Gasteiger partial charge in [-0.15, -0.1) is 11.8 Å². The van der Waals surface area contributed by atoms with Gasteiger partial charge in [-0.1, -0.05) is 35.4 Å². The number of thiocarbonyl (C=S) groups is 1. The first-order chi connectivity index (χ1) is 10.1. The highest BCUT2D eigenvalue weighted by Gasteiger charge is 2.02. The van der Waals surface area contributed by atoms with Crippen molar-refractivity contribution < 1.29 is 0 Å². The second-order valence-corrected chi connectivity index (χ2v) is 6.84. The van der Waals surface area contributed by atoms with E-state index in [1.807, 2.05) is 18.2 Å². The molecule has 2 nitrogen and oxygen atoms in total. The Hall–Kier alpha value is -0.680.